The molecule has 0 heterocycles. The Balaban J connectivity index is 2.56. The summed E-state index contributed by atoms with van der Waals surface area (Å²) < 4.78 is 26.3. The Bertz CT molecular complexity index is 466. The Hall–Kier alpha value is -0.390. The second-order valence-corrected chi connectivity index (χ2v) is 8.46. The third-order valence-electron chi connectivity index (χ3n) is 2.27. The average Bonchev–Trinajstić information content (AvgIpc) is 2.24. The maximum atomic E-state index is 11.8. The Morgan fingerprint density at radius 1 is 1.22 bits per heavy atom. The first-order valence-electron chi connectivity index (χ1n) is 5.86. The minimum atomic E-state index is -3.22. The second kappa shape index (κ2) is 6.17. The van der Waals surface area contributed by atoms with Gasteiger partial charge in [0.25, 0.3) is 0 Å². The van der Waals surface area contributed by atoms with Crippen molar-refractivity contribution in [3.05, 3.63) is 35.9 Å². The van der Waals surface area contributed by atoms with Crippen LogP contribution in [0.1, 0.15) is 31.2 Å². The van der Waals surface area contributed by atoms with Crippen molar-refractivity contribution in [2.45, 2.75) is 25.6 Å². The van der Waals surface area contributed by atoms with Crippen LogP contribution in [-0.4, -0.2) is 20.7 Å². The standard InChI is InChI=1S/C13H20BrNO2S/c1-13(2,3)10-18(16,17)15-9-12(14)11-7-5-4-6-8-11/h4-8,12,15H,9-10H2,1-3H3. The van der Waals surface area contributed by atoms with Gasteiger partial charge in [-0.05, 0) is 11.0 Å². The topological polar surface area (TPSA) is 46.2 Å². The van der Waals surface area contributed by atoms with Gasteiger partial charge in [-0.25, -0.2) is 13.1 Å². The summed E-state index contributed by atoms with van der Waals surface area (Å²) in [6.45, 7) is 6.10. The van der Waals surface area contributed by atoms with Crippen molar-refractivity contribution in [3.63, 3.8) is 0 Å². The van der Waals surface area contributed by atoms with Gasteiger partial charge in [-0.1, -0.05) is 67.0 Å². The van der Waals surface area contributed by atoms with Crippen molar-refractivity contribution >= 4 is 26.0 Å². The van der Waals surface area contributed by atoms with Crippen molar-refractivity contribution in [2.24, 2.45) is 5.41 Å². The maximum Gasteiger partial charge on any atom is 0.212 e. The lowest BCUT2D eigenvalue weighted by Gasteiger charge is -2.19. The van der Waals surface area contributed by atoms with Gasteiger partial charge >= 0.3 is 0 Å². The summed E-state index contributed by atoms with van der Waals surface area (Å²) in [6.07, 6.45) is 0. The van der Waals surface area contributed by atoms with E-state index in [0.717, 1.165) is 5.56 Å². The SMILES string of the molecule is CC(C)(C)CS(=O)(=O)NCC(Br)c1ccccc1. The molecule has 0 aromatic heterocycles. The van der Waals surface area contributed by atoms with Gasteiger partial charge in [-0.3, -0.25) is 0 Å². The molecule has 0 spiro atoms. The van der Waals surface area contributed by atoms with Crippen LogP contribution in [0, 0.1) is 5.41 Å². The molecule has 5 heteroatoms. The van der Waals surface area contributed by atoms with E-state index in [0.29, 0.717) is 6.54 Å². The van der Waals surface area contributed by atoms with Gasteiger partial charge in [0.1, 0.15) is 0 Å². The van der Waals surface area contributed by atoms with E-state index in [1.54, 1.807) is 0 Å². The number of alkyl halides is 1. The predicted octanol–water partition coefficient (Wildman–Crippen LogP) is 3.09. The minimum absolute atomic E-state index is 0.00607. The zero-order chi connectivity index (χ0) is 13.8. The minimum Gasteiger partial charge on any atom is -0.214 e. The molecular formula is C13H20BrNO2S. The van der Waals surface area contributed by atoms with Crippen molar-refractivity contribution < 1.29 is 8.42 Å². The van der Waals surface area contributed by atoms with Crippen LogP contribution < -0.4 is 4.72 Å². The lowest BCUT2D eigenvalue weighted by Crippen LogP contribution is -2.34. The fraction of sp³-hybridized carbons (Fsp3) is 0.538. The lowest BCUT2D eigenvalue weighted by atomic mass is 10.0. The molecule has 18 heavy (non-hydrogen) atoms. The first-order chi connectivity index (χ1) is 8.20. The number of hydrogen-bond donors (Lipinski definition) is 1. The van der Waals surface area contributed by atoms with Gasteiger partial charge < -0.3 is 0 Å². The molecule has 0 saturated carbocycles. The number of halogens is 1. The van der Waals surface area contributed by atoms with Gasteiger partial charge in [0.15, 0.2) is 0 Å². The molecule has 0 aliphatic carbocycles. The highest BCUT2D eigenvalue weighted by molar-refractivity contribution is 9.09. The molecule has 0 radical (unpaired) electrons. The smallest absolute Gasteiger partial charge is 0.212 e. The summed E-state index contributed by atoms with van der Waals surface area (Å²) in [4.78, 5) is -0.00607. The van der Waals surface area contributed by atoms with Crippen LogP contribution >= 0.6 is 15.9 Å². The summed E-state index contributed by atoms with van der Waals surface area (Å²) in [7, 11) is -3.22. The number of rotatable bonds is 5. The molecule has 1 N–H and O–H groups in total. The molecule has 102 valence electrons. The van der Waals surface area contributed by atoms with Crippen LogP contribution in [-0.2, 0) is 10.0 Å². The Labute approximate surface area is 118 Å². The van der Waals surface area contributed by atoms with E-state index in [2.05, 4.69) is 20.7 Å². The van der Waals surface area contributed by atoms with E-state index in [4.69, 9.17) is 0 Å². The zero-order valence-corrected chi connectivity index (χ0v) is 13.4. The molecule has 0 bridgehead atoms. The second-order valence-electron chi connectivity index (χ2n) is 5.55. The summed E-state index contributed by atoms with van der Waals surface area (Å²) in [6, 6.07) is 9.75. The van der Waals surface area contributed by atoms with Crippen molar-refractivity contribution in [1.29, 1.82) is 0 Å². The quantitative estimate of drug-likeness (QED) is 0.841. The predicted molar refractivity (Wildman–Crippen MR) is 79.4 cm³/mol. The highest BCUT2D eigenvalue weighted by atomic mass is 79.9. The maximum absolute atomic E-state index is 11.8. The molecule has 1 aromatic rings. The van der Waals surface area contributed by atoms with Gasteiger partial charge in [-0.2, -0.15) is 0 Å². The number of sulfonamides is 1. The van der Waals surface area contributed by atoms with E-state index < -0.39 is 10.0 Å². The van der Waals surface area contributed by atoms with E-state index >= 15 is 0 Å². The summed E-state index contributed by atoms with van der Waals surface area (Å²) in [5, 5.41) is 0. The van der Waals surface area contributed by atoms with Crippen LogP contribution in [0.3, 0.4) is 0 Å². The summed E-state index contributed by atoms with van der Waals surface area (Å²) in [5.41, 5.74) is 0.830. The number of hydrogen-bond acceptors (Lipinski definition) is 2. The molecule has 1 rings (SSSR count). The monoisotopic (exact) mass is 333 g/mol. The van der Waals surface area contributed by atoms with E-state index in [-0.39, 0.29) is 16.0 Å². The lowest BCUT2D eigenvalue weighted by molar-refractivity contribution is 0.458. The molecule has 0 aliphatic heterocycles. The third-order valence-corrected chi connectivity index (χ3v) is 4.97. The Morgan fingerprint density at radius 2 is 1.78 bits per heavy atom. The largest absolute Gasteiger partial charge is 0.214 e. The number of nitrogens with one attached hydrogen (secondary N) is 1. The van der Waals surface area contributed by atoms with Crippen LogP contribution in [0.25, 0.3) is 0 Å². The van der Waals surface area contributed by atoms with Crippen LogP contribution in [0.5, 0.6) is 0 Å². The Kier molecular flexibility index (Phi) is 5.37. The van der Waals surface area contributed by atoms with E-state index in [9.17, 15) is 8.42 Å². The molecule has 0 amide bonds. The summed E-state index contributed by atoms with van der Waals surface area (Å²) in [5.74, 6) is 0.133. The molecule has 0 saturated heterocycles. The average molecular weight is 334 g/mol. The normalized spacial score (nSPS) is 14.4. The molecular weight excluding hydrogens is 314 g/mol. The Morgan fingerprint density at radius 3 is 2.28 bits per heavy atom. The van der Waals surface area contributed by atoms with Gasteiger partial charge in [-0.15, -0.1) is 0 Å². The fourth-order valence-electron chi connectivity index (χ4n) is 1.60. The van der Waals surface area contributed by atoms with Crippen molar-refractivity contribution in [1.82, 2.24) is 4.72 Å². The highest BCUT2D eigenvalue weighted by Crippen LogP contribution is 2.22. The van der Waals surface area contributed by atoms with Crippen LogP contribution in [0.4, 0.5) is 0 Å². The first-order valence-corrected chi connectivity index (χ1v) is 8.43. The molecule has 3 nitrogen and oxygen atoms in total. The van der Waals surface area contributed by atoms with Crippen molar-refractivity contribution in [2.75, 3.05) is 12.3 Å². The van der Waals surface area contributed by atoms with Crippen LogP contribution in [0.2, 0.25) is 0 Å². The van der Waals surface area contributed by atoms with Gasteiger partial charge in [0, 0.05) is 6.54 Å². The third kappa shape index (κ3) is 5.98. The molecule has 1 unspecified atom stereocenters. The van der Waals surface area contributed by atoms with Gasteiger partial charge in [0.2, 0.25) is 10.0 Å². The van der Waals surface area contributed by atoms with E-state index in [1.807, 2.05) is 51.1 Å². The number of benzene rings is 1. The highest BCUT2D eigenvalue weighted by Gasteiger charge is 2.22. The molecule has 0 fully saturated rings. The van der Waals surface area contributed by atoms with Crippen LogP contribution in [0.15, 0.2) is 30.3 Å². The van der Waals surface area contributed by atoms with Gasteiger partial charge in [0.05, 0.1) is 10.6 Å². The van der Waals surface area contributed by atoms with E-state index in [1.165, 1.54) is 0 Å². The first kappa shape index (κ1) is 15.7. The molecule has 0 aliphatic rings. The zero-order valence-electron chi connectivity index (χ0n) is 11.0. The molecule has 1 aromatic carbocycles. The summed E-state index contributed by atoms with van der Waals surface area (Å²) >= 11 is 3.49. The van der Waals surface area contributed by atoms with Crippen molar-refractivity contribution in [3.8, 4) is 0 Å². The fourth-order valence-corrected chi connectivity index (χ4v) is 3.95. The molecule has 1 atom stereocenters.